The van der Waals surface area contributed by atoms with Crippen LogP contribution in [-0.4, -0.2) is 35.6 Å². The number of aromatic nitrogens is 6. The number of nitrogens with one attached hydrogen (secondary N) is 2. The largest absolute Gasteiger partial charge is 0.368 e. The molecule has 1 amide bonds. The predicted octanol–water partition coefficient (Wildman–Crippen LogP) is 4.72. The summed E-state index contributed by atoms with van der Waals surface area (Å²) in [4.78, 5) is 40.0. The molecule has 0 radical (unpaired) electrons. The maximum Gasteiger partial charge on any atom is 0.277 e. The molecule has 3 heterocycles. The lowest BCUT2D eigenvalue weighted by Gasteiger charge is -2.13. The fourth-order valence-corrected chi connectivity index (χ4v) is 4.33. The lowest BCUT2D eigenvalue weighted by molar-refractivity contribution is 0.102. The van der Waals surface area contributed by atoms with Gasteiger partial charge in [0, 0.05) is 28.0 Å². The molecule has 6 rings (SSSR count). The molecule has 0 aliphatic heterocycles. The Morgan fingerprint density at radius 3 is 2.33 bits per heavy atom. The van der Waals surface area contributed by atoms with Gasteiger partial charge in [-0.2, -0.15) is 5.10 Å². The first-order valence-electron chi connectivity index (χ1n) is 11.8. The zero-order valence-electron chi connectivity index (χ0n) is 20.2. The van der Waals surface area contributed by atoms with E-state index in [9.17, 15) is 9.59 Å². The van der Waals surface area contributed by atoms with Gasteiger partial charge in [0.25, 0.3) is 11.5 Å². The topological polar surface area (TPSA) is 144 Å². The van der Waals surface area contributed by atoms with Gasteiger partial charge in [-0.3, -0.25) is 19.3 Å². The normalized spacial score (nSPS) is 11.0. The highest BCUT2D eigenvalue weighted by atomic mass is 35.5. The van der Waals surface area contributed by atoms with E-state index in [1.54, 1.807) is 60.8 Å². The van der Waals surface area contributed by atoms with Gasteiger partial charge in [-0.05, 0) is 42.5 Å². The Balaban J connectivity index is 1.50. The number of benzene rings is 3. The number of para-hydroxylation sites is 1. The second kappa shape index (κ2) is 9.84. The third-order valence-electron chi connectivity index (χ3n) is 6.04. The fourth-order valence-electron chi connectivity index (χ4n) is 4.20. The van der Waals surface area contributed by atoms with Crippen molar-refractivity contribution in [1.82, 2.24) is 29.7 Å². The van der Waals surface area contributed by atoms with E-state index in [4.69, 9.17) is 22.3 Å². The SMILES string of the molecule is Nc1nccc(-c2ccc(-c3nc4[nH]nc(C(=O)Nc5ccccc5)c4c(=O)n3-c3ccc(Cl)cc3)cc2)n1. The highest BCUT2D eigenvalue weighted by Crippen LogP contribution is 2.26. The van der Waals surface area contributed by atoms with Crippen LogP contribution in [0.15, 0.2) is 95.9 Å². The van der Waals surface area contributed by atoms with Crippen LogP contribution in [0.1, 0.15) is 10.5 Å². The number of nitrogens with zero attached hydrogens (tertiary/aromatic N) is 5. The number of fused-ring (bicyclic) bond motifs is 1. The second-order valence-electron chi connectivity index (χ2n) is 8.55. The van der Waals surface area contributed by atoms with Gasteiger partial charge in [0.1, 0.15) is 11.2 Å². The molecule has 3 aromatic carbocycles. The first kappa shape index (κ1) is 24.0. The number of halogens is 1. The van der Waals surface area contributed by atoms with E-state index < -0.39 is 11.5 Å². The molecule has 0 saturated heterocycles. The molecule has 6 aromatic rings. The number of nitrogen functional groups attached to an aromatic ring is 1. The van der Waals surface area contributed by atoms with Crippen molar-refractivity contribution in [3.63, 3.8) is 0 Å². The van der Waals surface area contributed by atoms with Gasteiger partial charge < -0.3 is 11.1 Å². The molecule has 4 N–H and O–H groups in total. The molecule has 0 atom stereocenters. The van der Waals surface area contributed by atoms with Crippen LogP contribution in [0, 0.1) is 0 Å². The number of rotatable bonds is 5. The van der Waals surface area contributed by atoms with Crippen molar-refractivity contribution in [1.29, 1.82) is 0 Å². The Kier molecular flexibility index (Phi) is 6.06. The molecule has 0 aliphatic carbocycles. The monoisotopic (exact) mass is 534 g/mol. The van der Waals surface area contributed by atoms with Crippen LogP contribution in [0.3, 0.4) is 0 Å². The van der Waals surface area contributed by atoms with Gasteiger partial charge in [0.15, 0.2) is 11.3 Å². The molecule has 0 saturated carbocycles. The Morgan fingerprint density at radius 1 is 0.897 bits per heavy atom. The highest BCUT2D eigenvalue weighted by Gasteiger charge is 2.23. The first-order valence-corrected chi connectivity index (χ1v) is 12.2. The van der Waals surface area contributed by atoms with Crippen LogP contribution in [0.5, 0.6) is 0 Å². The summed E-state index contributed by atoms with van der Waals surface area (Å²) in [6, 6.07) is 24.8. The number of aromatic amines is 1. The van der Waals surface area contributed by atoms with Crippen LogP contribution in [0.2, 0.25) is 5.02 Å². The van der Waals surface area contributed by atoms with Gasteiger partial charge >= 0.3 is 0 Å². The highest BCUT2D eigenvalue weighted by molar-refractivity contribution is 6.30. The minimum absolute atomic E-state index is 0.0580. The Morgan fingerprint density at radius 2 is 1.62 bits per heavy atom. The Labute approximate surface area is 226 Å². The molecular formula is C28H19ClN8O2. The van der Waals surface area contributed by atoms with E-state index in [0.29, 0.717) is 33.5 Å². The van der Waals surface area contributed by atoms with Crippen molar-refractivity contribution >= 4 is 40.2 Å². The summed E-state index contributed by atoms with van der Waals surface area (Å²) >= 11 is 6.11. The van der Waals surface area contributed by atoms with Crippen LogP contribution in [0.4, 0.5) is 11.6 Å². The van der Waals surface area contributed by atoms with Crippen molar-refractivity contribution in [2.45, 2.75) is 0 Å². The Hall–Kier alpha value is -5.35. The van der Waals surface area contributed by atoms with E-state index in [0.717, 1.165) is 5.56 Å². The molecule has 190 valence electrons. The number of amides is 1. The smallest absolute Gasteiger partial charge is 0.277 e. The van der Waals surface area contributed by atoms with Crippen molar-refractivity contribution < 1.29 is 4.79 Å². The molecule has 0 bridgehead atoms. The molecule has 11 heteroatoms. The number of carbonyl (C=O) groups is 1. The summed E-state index contributed by atoms with van der Waals surface area (Å²) in [5.41, 5.74) is 8.63. The quantitative estimate of drug-likeness (QED) is 0.290. The number of nitrogens with two attached hydrogens (primary N) is 1. The van der Waals surface area contributed by atoms with Gasteiger partial charge in [-0.15, -0.1) is 0 Å². The first-order chi connectivity index (χ1) is 19.0. The lowest BCUT2D eigenvalue weighted by Crippen LogP contribution is -2.24. The van der Waals surface area contributed by atoms with Crippen LogP contribution >= 0.6 is 11.6 Å². The molecule has 0 aliphatic rings. The van der Waals surface area contributed by atoms with Gasteiger partial charge in [0.2, 0.25) is 5.95 Å². The van der Waals surface area contributed by atoms with Crippen LogP contribution < -0.4 is 16.6 Å². The van der Waals surface area contributed by atoms with Crippen molar-refractivity contribution in [3.05, 3.63) is 112 Å². The average molecular weight is 535 g/mol. The van der Waals surface area contributed by atoms with E-state index >= 15 is 0 Å². The van der Waals surface area contributed by atoms with Gasteiger partial charge in [-0.1, -0.05) is 54.1 Å². The van der Waals surface area contributed by atoms with Crippen molar-refractivity contribution in [2.75, 3.05) is 11.1 Å². The fraction of sp³-hybridized carbons (Fsp3) is 0. The summed E-state index contributed by atoms with van der Waals surface area (Å²) in [6.07, 6.45) is 1.59. The van der Waals surface area contributed by atoms with Crippen LogP contribution in [0.25, 0.3) is 39.4 Å². The van der Waals surface area contributed by atoms with E-state index in [-0.39, 0.29) is 22.7 Å². The third-order valence-corrected chi connectivity index (χ3v) is 6.29. The Bertz CT molecular complexity index is 1880. The minimum Gasteiger partial charge on any atom is -0.368 e. The number of hydrogen-bond donors (Lipinski definition) is 3. The number of carbonyl (C=O) groups excluding carboxylic acids is 1. The summed E-state index contributed by atoms with van der Waals surface area (Å²) in [6.45, 7) is 0. The molecule has 0 unspecified atom stereocenters. The molecule has 10 nitrogen and oxygen atoms in total. The summed E-state index contributed by atoms with van der Waals surface area (Å²) in [5.74, 6) is -0.0101. The molecular weight excluding hydrogens is 516 g/mol. The summed E-state index contributed by atoms with van der Waals surface area (Å²) in [5, 5.41) is 10.2. The lowest BCUT2D eigenvalue weighted by atomic mass is 10.1. The van der Waals surface area contributed by atoms with Gasteiger partial charge in [-0.25, -0.2) is 15.0 Å². The molecule has 0 spiro atoms. The van der Waals surface area contributed by atoms with Crippen LogP contribution in [-0.2, 0) is 0 Å². The van der Waals surface area contributed by atoms with E-state index in [1.165, 1.54) is 4.57 Å². The summed E-state index contributed by atoms with van der Waals surface area (Å²) < 4.78 is 1.44. The number of H-pyrrole nitrogens is 1. The number of anilines is 2. The third kappa shape index (κ3) is 4.60. The van der Waals surface area contributed by atoms with E-state index in [2.05, 4.69) is 25.5 Å². The average Bonchev–Trinajstić information content (AvgIpc) is 3.39. The molecule has 39 heavy (non-hydrogen) atoms. The molecule has 0 fully saturated rings. The summed E-state index contributed by atoms with van der Waals surface area (Å²) in [7, 11) is 0. The van der Waals surface area contributed by atoms with Crippen molar-refractivity contribution in [2.24, 2.45) is 0 Å². The van der Waals surface area contributed by atoms with Gasteiger partial charge in [0.05, 0.1) is 11.4 Å². The standard InChI is InChI=1S/C28H19ClN8O2/c29-18-10-12-20(13-11-18)37-25(17-8-6-16(7-9-17)21-14-15-31-28(30)33-21)34-24-22(27(37)39)23(35-36-24)26(38)32-19-4-2-1-3-5-19/h1-15H,(H,32,38)(H,35,36)(H2,30,31,33). The number of hydrogen-bond acceptors (Lipinski definition) is 7. The molecule has 3 aromatic heterocycles. The van der Waals surface area contributed by atoms with E-state index in [1.807, 2.05) is 30.3 Å². The maximum atomic E-state index is 14.0. The maximum absolute atomic E-state index is 14.0. The minimum atomic E-state index is -0.532. The zero-order chi connectivity index (χ0) is 26.9. The predicted molar refractivity (Wildman–Crippen MR) is 150 cm³/mol. The van der Waals surface area contributed by atoms with Crippen molar-refractivity contribution in [3.8, 4) is 28.3 Å². The zero-order valence-corrected chi connectivity index (χ0v) is 20.9. The second-order valence-corrected chi connectivity index (χ2v) is 8.98.